The van der Waals surface area contributed by atoms with Crippen molar-refractivity contribution < 1.29 is 13.2 Å². The molecule has 92 valence electrons. The Bertz CT molecular complexity index is 375. The van der Waals surface area contributed by atoms with Gasteiger partial charge in [0.1, 0.15) is 5.82 Å². The van der Waals surface area contributed by atoms with Gasteiger partial charge in [-0.25, -0.2) is 18.1 Å². The number of nitrogens with zero attached hydrogens (tertiary/aromatic N) is 1. The highest BCUT2D eigenvalue weighted by Crippen LogP contribution is 1.91. The quantitative estimate of drug-likeness (QED) is 0.629. The van der Waals surface area contributed by atoms with Gasteiger partial charge in [0.05, 0.1) is 12.4 Å². The normalized spacial score (nSPS) is 11.8. The first-order valence-electron chi connectivity index (χ1n) is 5.17. The molecule has 0 saturated carbocycles. The molecule has 16 heavy (non-hydrogen) atoms. The Balaban J connectivity index is 2.20. The van der Waals surface area contributed by atoms with Gasteiger partial charge in [0.2, 0.25) is 10.0 Å². The summed E-state index contributed by atoms with van der Waals surface area (Å²) in [5.74, 6) is 0.770. The molecule has 0 spiro atoms. The van der Waals surface area contributed by atoms with Crippen molar-refractivity contribution in [3.05, 3.63) is 18.2 Å². The summed E-state index contributed by atoms with van der Waals surface area (Å²) in [6.45, 7) is 2.94. The van der Waals surface area contributed by atoms with E-state index in [-0.39, 0.29) is 12.4 Å². The van der Waals surface area contributed by atoms with Crippen molar-refractivity contribution in [1.82, 2.24) is 14.7 Å². The van der Waals surface area contributed by atoms with Crippen LogP contribution in [-0.2, 0) is 21.2 Å². The molecular weight excluding hydrogens is 230 g/mol. The van der Waals surface area contributed by atoms with Crippen molar-refractivity contribution in [2.45, 2.75) is 13.3 Å². The highest BCUT2D eigenvalue weighted by Gasteiger charge is 2.09. The molecule has 1 rings (SSSR count). The molecule has 0 atom stereocenters. The maximum absolute atomic E-state index is 11.4. The molecule has 0 radical (unpaired) electrons. The zero-order chi connectivity index (χ0) is 11.9. The number of imidazole rings is 1. The first kappa shape index (κ1) is 13.1. The lowest BCUT2D eigenvalue weighted by atomic mass is 10.4. The molecule has 0 fully saturated rings. The van der Waals surface area contributed by atoms with Gasteiger partial charge in [-0.2, -0.15) is 0 Å². The SMILES string of the molecule is CCOCCS(=O)(=O)NCCc1ncc[nH]1. The molecule has 0 saturated heterocycles. The van der Waals surface area contributed by atoms with Crippen molar-refractivity contribution in [3.8, 4) is 0 Å². The summed E-state index contributed by atoms with van der Waals surface area (Å²) in [4.78, 5) is 6.90. The molecule has 7 heteroatoms. The summed E-state index contributed by atoms with van der Waals surface area (Å²) in [6, 6.07) is 0. The van der Waals surface area contributed by atoms with Crippen LogP contribution in [-0.4, -0.2) is 43.9 Å². The van der Waals surface area contributed by atoms with E-state index in [2.05, 4.69) is 14.7 Å². The predicted molar refractivity (Wildman–Crippen MR) is 60.6 cm³/mol. The summed E-state index contributed by atoms with van der Waals surface area (Å²) in [6.07, 6.45) is 3.90. The monoisotopic (exact) mass is 247 g/mol. The highest BCUT2D eigenvalue weighted by atomic mass is 32.2. The number of aromatic nitrogens is 2. The number of sulfonamides is 1. The largest absolute Gasteiger partial charge is 0.381 e. The molecular formula is C9H17N3O3S. The summed E-state index contributed by atoms with van der Waals surface area (Å²) in [5.41, 5.74) is 0. The molecule has 0 unspecified atom stereocenters. The van der Waals surface area contributed by atoms with Crippen LogP contribution in [0, 0.1) is 0 Å². The lowest BCUT2D eigenvalue weighted by Gasteiger charge is -2.05. The van der Waals surface area contributed by atoms with Crippen LogP contribution in [0.2, 0.25) is 0 Å². The summed E-state index contributed by atoms with van der Waals surface area (Å²) < 4.78 is 30.3. The number of nitrogens with one attached hydrogen (secondary N) is 2. The van der Waals surface area contributed by atoms with Crippen molar-refractivity contribution in [1.29, 1.82) is 0 Å². The van der Waals surface area contributed by atoms with Gasteiger partial charge >= 0.3 is 0 Å². The van der Waals surface area contributed by atoms with E-state index < -0.39 is 10.0 Å². The highest BCUT2D eigenvalue weighted by molar-refractivity contribution is 7.89. The lowest BCUT2D eigenvalue weighted by molar-refractivity contribution is 0.163. The van der Waals surface area contributed by atoms with Gasteiger partial charge in [-0.15, -0.1) is 0 Å². The summed E-state index contributed by atoms with van der Waals surface area (Å²) in [5, 5.41) is 0. The van der Waals surface area contributed by atoms with Gasteiger partial charge in [-0.1, -0.05) is 0 Å². The number of ether oxygens (including phenoxy) is 1. The molecule has 0 aliphatic heterocycles. The van der Waals surface area contributed by atoms with Gasteiger partial charge < -0.3 is 9.72 Å². The zero-order valence-electron chi connectivity index (χ0n) is 9.27. The Morgan fingerprint density at radius 1 is 1.56 bits per heavy atom. The van der Waals surface area contributed by atoms with Crippen LogP contribution in [0.1, 0.15) is 12.7 Å². The molecule has 1 heterocycles. The average Bonchev–Trinajstić information content (AvgIpc) is 2.70. The Morgan fingerprint density at radius 3 is 3.00 bits per heavy atom. The lowest BCUT2D eigenvalue weighted by Crippen LogP contribution is -2.30. The fourth-order valence-corrected chi connectivity index (χ4v) is 2.04. The second-order valence-corrected chi connectivity index (χ2v) is 5.12. The molecule has 0 bridgehead atoms. The molecule has 0 amide bonds. The molecule has 0 aliphatic rings. The fourth-order valence-electron chi connectivity index (χ4n) is 1.14. The van der Waals surface area contributed by atoms with E-state index in [4.69, 9.17) is 4.74 Å². The van der Waals surface area contributed by atoms with E-state index in [1.807, 2.05) is 6.92 Å². The van der Waals surface area contributed by atoms with E-state index in [0.29, 0.717) is 19.6 Å². The van der Waals surface area contributed by atoms with E-state index in [9.17, 15) is 8.42 Å². The van der Waals surface area contributed by atoms with Gasteiger partial charge in [0, 0.05) is 32.0 Å². The first-order chi connectivity index (χ1) is 7.64. The molecule has 2 N–H and O–H groups in total. The maximum atomic E-state index is 11.4. The summed E-state index contributed by atoms with van der Waals surface area (Å²) >= 11 is 0. The Labute approximate surface area is 95.5 Å². The summed E-state index contributed by atoms with van der Waals surface area (Å²) in [7, 11) is -3.22. The Hall–Kier alpha value is -0.920. The topological polar surface area (TPSA) is 84.1 Å². The number of hydrogen-bond donors (Lipinski definition) is 2. The van der Waals surface area contributed by atoms with Crippen molar-refractivity contribution >= 4 is 10.0 Å². The van der Waals surface area contributed by atoms with Crippen LogP contribution < -0.4 is 4.72 Å². The third kappa shape index (κ3) is 5.24. The van der Waals surface area contributed by atoms with Crippen LogP contribution in [0.4, 0.5) is 0 Å². The van der Waals surface area contributed by atoms with Gasteiger partial charge in [-0.05, 0) is 6.92 Å². The van der Waals surface area contributed by atoms with E-state index in [1.54, 1.807) is 12.4 Å². The molecule has 6 nitrogen and oxygen atoms in total. The maximum Gasteiger partial charge on any atom is 0.213 e. The first-order valence-corrected chi connectivity index (χ1v) is 6.82. The smallest absolute Gasteiger partial charge is 0.213 e. The van der Waals surface area contributed by atoms with Crippen molar-refractivity contribution in [3.63, 3.8) is 0 Å². The van der Waals surface area contributed by atoms with Crippen molar-refractivity contribution in [2.75, 3.05) is 25.5 Å². The number of rotatable bonds is 8. The second kappa shape index (κ2) is 6.62. The standard InChI is InChI=1S/C9H17N3O3S/c1-2-15-7-8-16(13,14)12-4-3-9-10-5-6-11-9/h5-6,12H,2-4,7-8H2,1H3,(H,10,11). The van der Waals surface area contributed by atoms with Crippen LogP contribution >= 0.6 is 0 Å². The Kier molecular flexibility index (Phi) is 5.44. The third-order valence-electron chi connectivity index (χ3n) is 1.94. The Morgan fingerprint density at radius 2 is 2.38 bits per heavy atom. The molecule has 1 aromatic rings. The van der Waals surface area contributed by atoms with Gasteiger partial charge in [0.15, 0.2) is 0 Å². The molecule has 1 aromatic heterocycles. The predicted octanol–water partition coefficient (Wildman–Crippen LogP) is -0.0919. The van der Waals surface area contributed by atoms with Crippen LogP contribution in [0.25, 0.3) is 0 Å². The average molecular weight is 247 g/mol. The van der Waals surface area contributed by atoms with Gasteiger partial charge in [0.25, 0.3) is 0 Å². The molecule has 0 aliphatic carbocycles. The minimum absolute atomic E-state index is 0.000997. The number of hydrogen-bond acceptors (Lipinski definition) is 4. The van der Waals surface area contributed by atoms with Crippen molar-refractivity contribution in [2.24, 2.45) is 0 Å². The number of H-pyrrole nitrogens is 1. The third-order valence-corrected chi connectivity index (χ3v) is 3.29. The zero-order valence-corrected chi connectivity index (χ0v) is 10.1. The van der Waals surface area contributed by atoms with E-state index in [1.165, 1.54) is 0 Å². The number of aromatic amines is 1. The fraction of sp³-hybridized carbons (Fsp3) is 0.667. The van der Waals surface area contributed by atoms with Gasteiger partial charge in [-0.3, -0.25) is 0 Å². The van der Waals surface area contributed by atoms with Crippen LogP contribution in [0.15, 0.2) is 12.4 Å². The minimum atomic E-state index is -3.22. The van der Waals surface area contributed by atoms with E-state index >= 15 is 0 Å². The van der Waals surface area contributed by atoms with Crippen LogP contribution in [0.5, 0.6) is 0 Å². The minimum Gasteiger partial charge on any atom is -0.381 e. The van der Waals surface area contributed by atoms with E-state index in [0.717, 1.165) is 5.82 Å². The van der Waals surface area contributed by atoms with Crippen LogP contribution in [0.3, 0.4) is 0 Å². The molecule has 0 aromatic carbocycles. The second-order valence-electron chi connectivity index (χ2n) is 3.20.